The van der Waals surface area contributed by atoms with E-state index in [0.29, 0.717) is 5.56 Å². The maximum absolute atomic E-state index is 11.2. The fraction of sp³-hybridized carbons (Fsp3) is 0.300. The number of nitrogens with two attached hydrogens (primary N) is 1. The van der Waals surface area contributed by atoms with Crippen LogP contribution in [0.15, 0.2) is 18.2 Å². The minimum absolute atomic E-state index is 0.247. The fourth-order valence-corrected chi connectivity index (χ4v) is 1.10. The first-order valence-electron chi connectivity index (χ1n) is 4.50. The topological polar surface area (TPSA) is 92.8 Å². The van der Waals surface area contributed by atoms with Gasteiger partial charge in [0.2, 0.25) is 0 Å². The summed E-state index contributed by atoms with van der Waals surface area (Å²) in [4.78, 5) is 11.2. The Kier molecular flexibility index (Phi) is 3.51. The molecule has 0 unspecified atom stereocenters. The Morgan fingerprint density at radius 1 is 1.47 bits per heavy atom. The summed E-state index contributed by atoms with van der Waals surface area (Å²) >= 11 is 0. The molecular weight excluding hydrogens is 198 g/mol. The average Bonchev–Trinajstić information content (AvgIpc) is 2.21. The molecule has 0 heterocycles. The van der Waals surface area contributed by atoms with E-state index in [4.69, 9.17) is 15.6 Å². The second kappa shape index (κ2) is 4.65. The smallest absolute Gasteiger partial charge is 0.327 e. The standard InChI is InChI=1S/C10H13NO4/c1-2-15-10(14)9(11)6-3-4-7(12)8(13)5-6/h3-5,9,12-13H,2,11H2,1H3/t9-/m0/s1. The highest BCUT2D eigenvalue weighted by molar-refractivity contribution is 5.77. The average molecular weight is 211 g/mol. The molecule has 0 aliphatic heterocycles. The first kappa shape index (κ1) is 11.3. The molecule has 0 aliphatic rings. The third kappa shape index (κ3) is 2.60. The molecule has 0 saturated heterocycles. The molecule has 1 atom stereocenters. The van der Waals surface area contributed by atoms with Crippen molar-refractivity contribution in [2.24, 2.45) is 5.73 Å². The molecule has 5 heteroatoms. The highest BCUT2D eigenvalue weighted by Gasteiger charge is 2.17. The van der Waals surface area contributed by atoms with E-state index in [0.717, 1.165) is 0 Å². The minimum Gasteiger partial charge on any atom is -0.504 e. The second-order valence-corrected chi connectivity index (χ2v) is 2.98. The van der Waals surface area contributed by atoms with E-state index in [1.54, 1.807) is 6.92 Å². The number of hydrogen-bond acceptors (Lipinski definition) is 5. The van der Waals surface area contributed by atoms with Gasteiger partial charge in [0.05, 0.1) is 6.61 Å². The highest BCUT2D eigenvalue weighted by atomic mass is 16.5. The van der Waals surface area contributed by atoms with E-state index in [1.165, 1.54) is 18.2 Å². The first-order chi connectivity index (χ1) is 7.06. The number of rotatable bonds is 3. The number of carbonyl (C=O) groups excluding carboxylic acids is 1. The lowest BCUT2D eigenvalue weighted by Crippen LogP contribution is -2.23. The molecule has 0 aliphatic carbocycles. The SMILES string of the molecule is CCOC(=O)[C@@H](N)c1ccc(O)c(O)c1. The van der Waals surface area contributed by atoms with Crippen LogP contribution in [0.4, 0.5) is 0 Å². The Morgan fingerprint density at radius 3 is 2.67 bits per heavy atom. The van der Waals surface area contributed by atoms with Crippen LogP contribution >= 0.6 is 0 Å². The Morgan fingerprint density at radius 2 is 2.13 bits per heavy atom. The van der Waals surface area contributed by atoms with E-state index in [9.17, 15) is 9.90 Å². The number of carbonyl (C=O) groups is 1. The van der Waals surface area contributed by atoms with Crippen molar-refractivity contribution in [2.45, 2.75) is 13.0 Å². The van der Waals surface area contributed by atoms with Gasteiger partial charge in [0, 0.05) is 0 Å². The quantitative estimate of drug-likeness (QED) is 0.504. The predicted octanol–water partition coefficient (Wildman–Crippen LogP) is 0.661. The van der Waals surface area contributed by atoms with Gasteiger partial charge in [-0.15, -0.1) is 0 Å². The Bertz CT molecular complexity index is 364. The van der Waals surface area contributed by atoms with E-state index in [-0.39, 0.29) is 18.1 Å². The molecule has 0 fully saturated rings. The third-order valence-corrected chi connectivity index (χ3v) is 1.90. The zero-order valence-corrected chi connectivity index (χ0v) is 8.30. The fourth-order valence-electron chi connectivity index (χ4n) is 1.10. The highest BCUT2D eigenvalue weighted by Crippen LogP contribution is 2.27. The number of benzene rings is 1. The Labute approximate surface area is 87.1 Å². The van der Waals surface area contributed by atoms with Crippen molar-refractivity contribution in [1.82, 2.24) is 0 Å². The summed E-state index contributed by atoms with van der Waals surface area (Å²) in [7, 11) is 0. The van der Waals surface area contributed by atoms with Gasteiger partial charge in [-0.25, -0.2) is 4.79 Å². The summed E-state index contributed by atoms with van der Waals surface area (Å²) in [6, 6.07) is 3.01. The van der Waals surface area contributed by atoms with Crippen LogP contribution in [0, 0.1) is 0 Å². The lowest BCUT2D eigenvalue weighted by molar-refractivity contribution is -0.144. The summed E-state index contributed by atoms with van der Waals surface area (Å²) in [5.41, 5.74) is 5.97. The number of aromatic hydroxyl groups is 2. The molecule has 0 aromatic heterocycles. The molecule has 0 spiro atoms. The summed E-state index contributed by atoms with van der Waals surface area (Å²) < 4.78 is 4.72. The van der Waals surface area contributed by atoms with Gasteiger partial charge in [-0.2, -0.15) is 0 Å². The van der Waals surface area contributed by atoms with Crippen molar-refractivity contribution in [3.8, 4) is 11.5 Å². The molecule has 15 heavy (non-hydrogen) atoms. The summed E-state index contributed by atoms with van der Waals surface area (Å²) in [6.45, 7) is 1.93. The van der Waals surface area contributed by atoms with Crippen LogP contribution in [0.25, 0.3) is 0 Å². The van der Waals surface area contributed by atoms with Gasteiger partial charge in [-0.1, -0.05) is 6.07 Å². The second-order valence-electron chi connectivity index (χ2n) is 2.98. The number of phenols is 2. The Balaban J connectivity index is 2.86. The van der Waals surface area contributed by atoms with Crippen molar-refractivity contribution in [2.75, 3.05) is 6.61 Å². The van der Waals surface area contributed by atoms with Crippen LogP contribution in [0.2, 0.25) is 0 Å². The van der Waals surface area contributed by atoms with Crippen molar-refractivity contribution in [3.05, 3.63) is 23.8 Å². The van der Waals surface area contributed by atoms with Gasteiger partial charge in [0.15, 0.2) is 11.5 Å². The van der Waals surface area contributed by atoms with E-state index in [2.05, 4.69) is 0 Å². The van der Waals surface area contributed by atoms with Gasteiger partial charge >= 0.3 is 5.97 Å². The summed E-state index contributed by atoms with van der Waals surface area (Å²) in [5, 5.41) is 18.3. The zero-order chi connectivity index (χ0) is 11.4. The molecule has 0 saturated carbocycles. The van der Waals surface area contributed by atoms with Crippen LogP contribution in [0.1, 0.15) is 18.5 Å². The van der Waals surface area contributed by atoms with Gasteiger partial charge in [0.1, 0.15) is 6.04 Å². The number of hydrogen-bond donors (Lipinski definition) is 3. The lowest BCUT2D eigenvalue weighted by Gasteiger charge is -2.11. The largest absolute Gasteiger partial charge is 0.504 e. The molecule has 1 aromatic carbocycles. The number of esters is 1. The van der Waals surface area contributed by atoms with Crippen molar-refractivity contribution >= 4 is 5.97 Å². The van der Waals surface area contributed by atoms with Crippen LogP contribution in [0.5, 0.6) is 11.5 Å². The third-order valence-electron chi connectivity index (χ3n) is 1.90. The molecule has 1 aromatic rings. The molecular formula is C10H13NO4. The number of phenolic OH excluding ortho intramolecular Hbond substituents is 2. The van der Waals surface area contributed by atoms with Crippen LogP contribution in [-0.2, 0) is 9.53 Å². The van der Waals surface area contributed by atoms with Gasteiger partial charge in [0.25, 0.3) is 0 Å². The lowest BCUT2D eigenvalue weighted by atomic mass is 10.1. The minimum atomic E-state index is -0.948. The van der Waals surface area contributed by atoms with Gasteiger partial charge < -0.3 is 20.7 Å². The van der Waals surface area contributed by atoms with Crippen molar-refractivity contribution < 1.29 is 19.7 Å². The van der Waals surface area contributed by atoms with E-state index < -0.39 is 12.0 Å². The van der Waals surface area contributed by atoms with Gasteiger partial charge in [-0.3, -0.25) is 0 Å². The molecule has 0 bridgehead atoms. The monoisotopic (exact) mass is 211 g/mol. The summed E-state index contributed by atoms with van der Waals surface area (Å²) in [6.07, 6.45) is 0. The maximum atomic E-state index is 11.2. The van der Waals surface area contributed by atoms with Crippen molar-refractivity contribution in [1.29, 1.82) is 0 Å². The Hall–Kier alpha value is -1.75. The van der Waals surface area contributed by atoms with Crippen LogP contribution < -0.4 is 5.73 Å². The molecule has 5 nitrogen and oxygen atoms in total. The molecule has 0 amide bonds. The normalized spacial score (nSPS) is 12.1. The molecule has 0 radical (unpaired) electrons. The zero-order valence-electron chi connectivity index (χ0n) is 8.30. The maximum Gasteiger partial charge on any atom is 0.327 e. The van der Waals surface area contributed by atoms with Gasteiger partial charge in [-0.05, 0) is 24.6 Å². The predicted molar refractivity (Wildman–Crippen MR) is 53.3 cm³/mol. The molecule has 82 valence electrons. The van der Waals surface area contributed by atoms with Crippen molar-refractivity contribution in [3.63, 3.8) is 0 Å². The van der Waals surface area contributed by atoms with E-state index in [1.807, 2.05) is 0 Å². The van der Waals surface area contributed by atoms with Crippen LogP contribution in [0.3, 0.4) is 0 Å². The van der Waals surface area contributed by atoms with Crippen LogP contribution in [-0.4, -0.2) is 22.8 Å². The van der Waals surface area contributed by atoms with E-state index >= 15 is 0 Å². The molecule has 4 N–H and O–H groups in total. The molecule has 1 rings (SSSR count). The first-order valence-corrected chi connectivity index (χ1v) is 4.50. The number of ether oxygens (including phenoxy) is 1. The summed E-state index contributed by atoms with van der Waals surface area (Å²) in [5.74, 6) is -1.13.